The molecular weight excluding hydrogens is 265 g/mol. The predicted molar refractivity (Wildman–Crippen MR) is 81.2 cm³/mol. The molecule has 0 amide bonds. The normalized spacial score (nSPS) is 11.3. The molecule has 0 bridgehead atoms. The summed E-state index contributed by atoms with van der Waals surface area (Å²) in [7, 11) is 0. The number of benzene rings is 2. The van der Waals surface area contributed by atoms with Gasteiger partial charge in [-0.1, -0.05) is 42.5 Å². The Morgan fingerprint density at radius 2 is 1.71 bits per heavy atom. The number of aromatic nitrogens is 3. The van der Waals surface area contributed by atoms with E-state index in [0.29, 0.717) is 11.5 Å². The van der Waals surface area contributed by atoms with Gasteiger partial charge in [-0.25, -0.2) is 14.1 Å². The Balaban J connectivity index is 1.97. The van der Waals surface area contributed by atoms with Gasteiger partial charge in [0.05, 0.1) is 11.2 Å². The Bertz CT molecular complexity index is 910. The maximum absolute atomic E-state index is 13.3. The molecule has 102 valence electrons. The molecule has 2 aromatic heterocycles. The van der Waals surface area contributed by atoms with E-state index in [1.165, 1.54) is 0 Å². The second-order valence-electron chi connectivity index (χ2n) is 4.91. The third kappa shape index (κ3) is 1.96. The summed E-state index contributed by atoms with van der Waals surface area (Å²) in [4.78, 5) is 4.41. The van der Waals surface area contributed by atoms with Crippen molar-refractivity contribution < 1.29 is 4.39 Å². The number of alkyl halides is 1. The summed E-state index contributed by atoms with van der Waals surface area (Å²) in [5.41, 5.74) is 1.34. The summed E-state index contributed by atoms with van der Waals surface area (Å²) in [5, 5.41) is 7.35. The second-order valence-corrected chi connectivity index (χ2v) is 4.91. The van der Waals surface area contributed by atoms with Crippen LogP contribution >= 0.6 is 0 Å². The van der Waals surface area contributed by atoms with Gasteiger partial charge in [-0.2, -0.15) is 5.10 Å². The van der Waals surface area contributed by atoms with Gasteiger partial charge >= 0.3 is 0 Å². The zero-order valence-electron chi connectivity index (χ0n) is 11.2. The predicted octanol–water partition coefficient (Wildman–Crippen LogP) is 4.04. The molecule has 0 saturated heterocycles. The monoisotopic (exact) mass is 277 g/mol. The Hall–Kier alpha value is -2.75. The Kier molecular flexibility index (Phi) is 2.67. The minimum atomic E-state index is -0.588. The number of fused-ring (bicyclic) bond motifs is 2. The first-order chi connectivity index (χ1) is 10.3. The third-order valence-corrected chi connectivity index (χ3v) is 3.58. The van der Waals surface area contributed by atoms with Gasteiger partial charge < -0.3 is 0 Å². The summed E-state index contributed by atoms with van der Waals surface area (Å²) in [6.07, 6.45) is 1.91. The summed E-state index contributed by atoms with van der Waals surface area (Å²) < 4.78 is 15.0. The Labute approximate surface area is 120 Å². The van der Waals surface area contributed by atoms with E-state index in [1.54, 1.807) is 4.68 Å². The largest absolute Gasteiger partial charge is 0.244 e. The van der Waals surface area contributed by atoms with Crippen molar-refractivity contribution in [3.8, 4) is 5.82 Å². The van der Waals surface area contributed by atoms with Crippen LogP contribution in [0, 0.1) is 0 Å². The lowest BCUT2D eigenvalue weighted by Crippen LogP contribution is -2.01. The van der Waals surface area contributed by atoms with Crippen LogP contribution in [0.2, 0.25) is 0 Å². The van der Waals surface area contributed by atoms with E-state index in [1.807, 2.05) is 60.8 Å². The van der Waals surface area contributed by atoms with E-state index >= 15 is 0 Å². The lowest BCUT2D eigenvalue weighted by molar-refractivity contribution is 0.478. The first kappa shape index (κ1) is 12.0. The van der Waals surface area contributed by atoms with Crippen molar-refractivity contribution in [2.75, 3.05) is 0 Å². The van der Waals surface area contributed by atoms with Crippen molar-refractivity contribution in [3.05, 3.63) is 66.5 Å². The standard InChI is InChI=1S/C17H12FN3/c18-10-16-14-7-3-1-5-12(14)9-17(19-16)21-11-13-6-2-4-8-15(13)20-21/h1-9,11H,10H2. The van der Waals surface area contributed by atoms with E-state index in [9.17, 15) is 4.39 Å². The first-order valence-corrected chi connectivity index (χ1v) is 6.74. The number of halogens is 1. The molecule has 0 saturated carbocycles. The number of hydrogen-bond acceptors (Lipinski definition) is 2. The van der Waals surface area contributed by atoms with E-state index in [4.69, 9.17) is 0 Å². The maximum Gasteiger partial charge on any atom is 0.154 e. The van der Waals surface area contributed by atoms with Gasteiger partial charge in [0.15, 0.2) is 5.82 Å². The molecule has 4 rings (SSSR count). The van der Waals surface area contributed by atoms with Gasteiger partial charge in [-0.3, -0.25) is 0 Å². The molecular formula is C17H12FN3. The number of pyridine rings is 1. The molecule has 3 nitrogen and oxygen atoms in total. The van der Waals surface area contributed by atoms with Gasteiger partial charge in [0.2, 0.25) is 0 Å². The highest BCUT2D eigenvalue weighted by molar-refractivity contribution is 5.86. The summed E-state index contributed by atoms with van der Waals surface area (Å²) >= 11 is 0. The summed E-state index contributed by atoms with van der Waals surface area (Å²) in [5.74, 6) is 0.637. The molecule has 4 heteroatoms. The van der Waals surface area contributed by atoms with Crippen LogP contribution in [0.5, 0.6) is 0 Å². The van der Waals surface area contributed by atoms with Gasteiger partial charge in [-0.05, 0) is 17.5 Å². The van der Waals surface area contributed by atoms with Gasteiger partial charge in [0.1, 0.15) is 6.67 Å². The molecule has 2 aromatic carbocycles. The van der Waals surface area contributed by atoms with Gasteiger partial charge in [0.25, 0.3) is 0 Å². The molecule has 4 aromatic rings. The van der Waals surface area contributed by atoms with Crippen LogP contribution in [0.3, 0.4) is 0 Å². The molecule has 0 aliphatic rings. The Morgan fingerprint density at radius 3 is 2.52 bits per heavy atom. The Morgan fingerprint density at radius 1 is 0.952 bits per heavy atom. The van der Waals surface area contributed by atoms with Crippen LogP contribution < -0.4 is 0 Å². The molecule has 0 radical (unpaired) electrons. The van der Waals surface area contributed by atoms with Gasteiger partial charge in [-0.15, -0.1) is 0 Å². The minimum absolute atomic E-state index is 0.447. The van der Waals surface area contributed by atoms with E-state index in [0.717, 1.165) is 21.7 Å². The van der Waals surface area contributed by atoms with Crippen molar-refractivity contribution in [1.29, 1.82) is 0 Å². The molecule has 0 aliphatic heterocycles. The fourth-order valence-electron chi connectivity index (χ4n) is 2.56. The summed E-state index contributed by atoms with van der Waals surface area (Å²) in [6.45, 7) is -0.588. The fourth-order valence-corrected chi connectivity index (χ4v) is 2.56. The molecule has 0 fully saturated rings. The highest BCUT2D eigenvalue weighted by atomic mass is 19.1. The van der Waals surface area contributed by atoms with Crippen molar-refractivity contribution in [3.63, 3.8) is 0 Å². The lowest BCUT2D eigenvalue weighted by atomic mass is 10.1. The van der Waals surface area contributed by atoms with Crippen molar-refractivity contribution in [2.24, 2.45) is 0 Å². The SMILES string of the molecule is FCc1nc(-n2cc3ccccc3n2)cc2ccccc12. The maximum atomic E-state index is 13.3. The van der Waals surface area contributed by atoms with Crippen LogP contribution in [0.25, 0.3) is 27.5 Å². The topological polar surface area (TPSA) is 30.7 Å². The molecule has 0 N–H and O–H groups in total. The third-order valence-electron chi connectivity index (χ3n) is 3.58. The molecule has 2 heterocycles. The second kappa shape index (κ2) is 4.66. The van der Waals surface area contributed by atoms with Crippen LogP contribution in [0.1, 0.15) is 5.69 Å². The van der Waals surface area contributed by atoms with E-state index in [2.05, 4.69) is 10.1 Å². The van der Waals surface area contributed by atoms with Gasteiger partial charge in [0, 0.05) is 17.0 Å². The van der Waals surface area contributed by atoms with Crippen LogP contribution in [0.4, 0.5) is 4.39 Å². The fraction of sp³-hybridized carbons (Fsp3) is 0.0588. The first-order valence-electron chi connectivity index (χ1n) is 6.74. The molecule has 0 spiro atoms. The summed E-state index contributed by atoms with van der Waals surface area (Å²) in [6, 6.07) is 17.5. The molecule has 0 aliphatic carbocycles. The van der Waals surface area contributed by atoms with Crippen molar-refractivity contribution in [2.45, 2.75) is 6.67 Å². The number of rotatable bonds is 2. The van der Waals surface area contributed by atoms with E-state index in [-0.39, 0.29) is 0 Å². The average Bonchev–Trinajstić information content (AvgIpc) is 2.98. The molecule has 0 unspecified atom stereocenters. The average molecular weight is 277 g/mol. The zero-order chi connectivity index (χ0) is 14.2. The van der Waals surface area contributed by atoms with Crippen molar-refractivity contribution >= 4 is 21.7 Å². The quantitative estimate of drug-likeness (QED) is 0.553. The molecule has 21 heavy (non-hydrogen) atoms. The van der Waals surface area contributed by atoms with Crippen LogP contribution in [0.15, 0.2) is 60.8 Å². The minimum Gasteiger partial charge on any atom is -0.244 e. The van der Waals surface area contributed by atoms with Crippen LogP contribution in [-0.4, -0.2) is 14.8 Å². The highest BCUT2D eigenvalue weighted by Crippen LogP contribution is 2.22. The number of hydrogen-bond donors (Lipinski definition) is 0. The van der Waals surface area contributed by atoms with Crippen molar-refractivity contribution in [1.82, 2.24) is 14.8 Å². The molecule has 0 atom stereocenters. The zero-order valence-corrected chi connectivity index (χ0v) is 11.2. The highest BCUT2D eigenvalue weighted by Gasteiger charge is 2.08. The van der Waals surface area contributed by atoms with Crippen LogP contribution in [-0.2, 0) is 6.67 Å². The number of nitrogens with zero attached hydrogens (tertiary/aromatic N) is 3. The smallest absolute Gasteiger partial charge is 0.154 e. The van der Waals surface area contributed by atoms with E-state index < -0.39 is 6.67 Å². The lowest BCUT2D eigenvalue weighted by Gasteiger charge is -2.06.